The highest BCUT2D eigenvalue weighted by Crippen LogP contribution is 2.66. The van der Waals surface area contributed by atoms with Gasteiger partial charge >= 0.3 is 47.4 Å². The van der Waals surface area contributed by atoms with Crippen molar-refractivity contribution in [1.29, 1.82) is 0 Å². The number of carbonyl (C=O) groups excluding carboxylic acids is 5. The zero-order valence-electron chi connectivity index (χ0n) is 42.9. The van der Waals surface area contributed by atoms with Gasteiger partial charge in [0.2, 0.25) is 23.6 Å². The molecule has 0 bridgehead atoms. The van der Waals surface area contributed by atoms with E-state index in [0.29, 0.717) is 25.0 Å². The van der Waals surface area contributed by atoms with E-state index in [2.05, 4.69) is 61.5 Å². The molecule has 33 nitrogen and oxygen atoms in total. The Hall–Kier alpha value is -5.08. The average molecular weight is 1260 g/mol. The summed E-state index contributed by atoms with van der Waals surface area (Å²) < 4.78 is 53.4. The molecule has 11 atom stereocenters. The number of unbranched alkanes of at least 4 members (excludes halogenated alkanes) is 1. The molecular weight excluding hydrogens is 1200 g/mol. The zero-order valence-corrected chi connectivity index (χ0v) is 48.1. The van der Waals surface area contributed by atoms with Crippen LogP contribution in [0.3, 0.4) is 0 Å². The third-order valence-corrected chi connectivity index (χ3v) is 20.6. The van der Waals surface area contributed by atoms with Gasteiger partial charge in [0.1, 0.15) is 48.2 Å². The first kappa shape index (κ1) is 66.7. The molecule has 450 valence electrons. The number of nitrogen functional groups attached to an aromatic ring is 1. The van der Waals surface area contributed by atoms with E-state index in [-0.39, 0.29) is 90.3 Å². The Bertz CT molecular complexity index is 2890. The summed E-state index contributed by atoms with van der Waals surface area (Å²) in [4.78, 5) is 144. The fourth-order valence-corrected chi connectivity index (χ4v) is 15.5. The van der Waals surface area contributed by atoms with E-state index in [1.165, 1.54) is 32.4 Å². The number of aromatic nitrogens is 3. The number of carbonyl (C=O) groups is 8. The van der Waals surface area contributed by atoms with E-state index < -0.39 is 120 Å². The summed E-state index contributed by atoms with van der Waals surface area (Å²) in [6.45, 7) is 2.55. The van der Waals surface area contributed by atoms with Crippen LogP contribution in [-0.2, 0) is 65.1 Å². The van der Waals surface area contributed by atoms with E-state index in [1.807, 2.05) is 5.32 Å². The Morgan fingerprint density at radius 3 is 2.28 bits per heavy atom. The quantitative estimate of drug-likeness (QED) is 0.0151. The number of hydrogen-bond acceptors (Lipinski definition) is 22. The first-order chi connectivity index (χ1) is 37.8. The standard InChI is InChI=1S/C42H61N10O23P3S3/c1-42(2,16-30(55)44-11-5-7-21-17-52(37-34(21)36(43)45-20-46-37)31-15-26(53)27(73-31)18-72-77(68,69)75-78(70,71)74-76(65,66)67)81-80-12-6-8-22(47-29(54)10-4-3-9-28-35-25(19-79-28)50-41(64)51-35)38(60)48-23(13-32(56)57)39(61)49-24(40(62)63)14-33(58)59/h17,20,22-28,31,35,53H,3-4,6,8-16,18-19H2,1-2H3,(H,44,55)(H,47,54)(H,48,60)(H,49,61)(H,56,57)(H,58,59)(H,62,63)(H,68,69)(H,70,71)(H2,43,45,46)(H2,50,51,64)(H2,65,66,67)/t22?,23?,24?,25-,26?,27?,28-,31?,35-/m0/s1. The number of thioether (sulfide) groups is 1. The number of hydrogen-bond donors (Lipinski definition) is 15. The van der Waals surface area contributed by atoms with Crippen LogP contribution in [0.1, 0.15) is 89.8 Å². The highest BCUT2D eigenvalue weighted by molar-refractivity contribution is 8.77. The predicted molar refractivity (Wildman–Crippen MR) is 286 cm³/mol. The Labute approximate surface area is 472 Å². The van der Waals surface area contributed by atoms with Crippen molar-refractivity contribution in [2.24, 2.45) is 0 Å². The summed E-state index contributed by atoms with van der Waals surface area (Å²) in [5.41, 5.74) is 6.63. The van der Waals surface area contributed by atoms with E-state index in [0.717, 1.165) is 12.1 Å². The van der Waals surface area contributed by atoms with Gasteiger partial charge in [-0.25, -0.2) is 33.3 Å². The topological polar surface area (TPSA) is 515 Å². The molecule has 0 saturated carbocycles. The molecule has 0 radical (unpaired) electrons. The summed E-state index contributed by atoms with van der Waals surface area (Å²) in [5.74, 6) is -1.13. The summed E-state index contributed by atoms with van der Waals surface area (Å²) in [7, 11) is -14.3. The van der Waals surface area contributed by atoms with Crippen LogP contribution in [0.2, 0.25) is 0 Å². The van der Waals surface area contributed by atoms with Crippen LogP contribution in [0.5, 0.6) is 0 Å². The zero-order chi connectivity index (χ0) is 60.0. The van der Waals surface area contributed by atoms with Crippen molar-refractivity contribution in [1.82, 2.24) is 46.4 Å². The molecule has 81 heavy (non-hydrogen) atoms. The maximum atomic E-state index is 13.7. The highest BCUT2D eigenvalue weighted by atomic mass is 33.1. The Balaban J connectivity index is 1.13. The number of amides is 6. The second kappa shape index (κ2) is 29.4. The van der Waals surface area contributed by atoms with Crippen molar-refractivity contribution >= 4 is 121 Å². The van der Waals surface area contributed by atoms with Gasteiger partial charge in [0.05, 0.1) is 55.1 Å². The number of ether oxygens (including phenoxy) is 1. The van der Waals surface area contributed by atoms with Crippen molar-refractivity contribution in [3.63, 3.8) is 0 Å². The number of phosphoric acid groups is 3. The molecule has 3 aliphatic rings. The monoisotopic (exact) mass is 1260 g/mol. The maximum absolute atomic E-state index is 13.7. The van der Waals surface area contributed by atoms with Crippen molar-refractivity contribution in [2.45, 2.75) is 137 Å². The predicted octanol–water partition coefficient (Wildman–Crippen LogP) is 0.0174. The Morgan fingerprint density at radius 1 is 0.926 bits per heavy atom. The number of carboxylic acid groups (broad SMARTS) is 3. The van der Waals surface area contributed by atoms with Gasteiger partial charge < -0.3 is 86.9 Å². The smallest absolute Gasteiger partial charge is 0.481 e. The molecule has 3 fully saturated rings. The molecular formula is C42H61N10O23P3S3. The summed E-state index contributed by atoms with van der Waals surface area (Å²) in [6.07, 6.45) is -1.32. The number of aliphatic carboxylic acids is 3. The molecule has 39 heteroatoms. The number of carboxylic acids is 3. The van der Waals surface area contributed by atoms with Gasteiger partial charge in [-0.3, -0.25) is 33.3 Å². The lowest BCUT2D eigenvalue weighted by Crippen LogP contribution is -2.56. The normalized spacial score (nSPS) is 22.3. The lowest BCUT2D eigenvalue weighted by Gasteiger charge is -2.24. The number of nitrogens with zero attached hydrogens (tertiary/aromatic N) is 3. The van der Waals surface area contributed by atoms with Gasteiger partial charge in [0, 0.05) is 47.0 Å². The molecule has 3 saturated heterocycles. The summed E-state index contributed by atoms with van der Waals surface area (Å²) in [5, 5.41) is 54.5. The molecule has 16 N–H and O–H groups in total. The molecule has 2 aromatic rings. The van der Waals surface area contributed by atoms with Crippen molar-refractivity contribution in [3.05, 3.63) is 18.1 Å². The van der Waals surface area contributed by atoms with E-state index >= 15 is 0 Å². The van der Waals surface area contributed by atoms with E-state index in [4.69, 9.17) is 25.4 Å². The maximum Gasteiger partial charge on any atom is 0.490 e. The van der Waals surface area contributed by atoms with Gasteiger partial charge in [-0.05, 0) is 39.5 Å². The average Bonchev–Trinajstić information content (AvgIpc) is 4.16. The fourth-order valence-electron chi connectivity index (χ4n) is 8.35. The van der Waals surface area contributed by atoms with E-state index in [1.54, 1.807) is 25.6 Å². The minimum atomic E-state index is -5.80. The summed E-state index contributed by atoms with van der Waals surface area (Å²) >= 11 is 1.71. The Kier molecular flexibility index (Phi) is 24.2. The van der Waals surface area contributed by atoms with Crippen molar-refractivity contribution in [2.75, 3.05) is 30.4 Å². The van der Waals surface area contributed by atoms with Crippen LogP contribution in [-0.4, -0.2) is 179 Å². The molecule has 0 aliphatic carbocycles. The van der Waals surface area contributed by atoms with Gasteiger partial charge in [0.15, 0.2) is 0 Å². The number of urea groups is 1. The summed E-state index contributed by atoms with van der Waals surface area (Å²) in [6, 6.07) is -5.33. The SMILES string of the molecule is CC(C)(CC(=O)NCC#Cc1cn(C2CC(O)C(COP(=O)(O)OP(=O)(O)OP(=O)(O)O)O2)c2ncnc(N)c12)SSCCCC(NC(=O)CCCC[C@@H]1SC[C@@H]2NC(=O)N[C@@H]21)C(=O)NC(CC(=O)O)C(=O)NC(CC(=O)O)C(=O)O. The lowest BCUT2D eigenvalue weighted by atomic mass is 10.0. The molecule has 6 amide bonds. The third-order valence-electron chi connectivity index (χ3n) is 11.9. The first-order valence-corrected chi connectivity index (χ1v) is 32.2. The van der Waals surface area contributed by atoms with Crippen LogP contribution in [0.25, 0.3) is 11.0 Å². The van der Waals surface area contributed by atoms with Gasteiger partial charge in [-0.1, -0.05) is 39.8 Å². The second-order valence-electron chi connectivity index (χ2n) is 18.9. The molecule has 8 unspecified atom stereocenters. The number of aliphatic hydroxyl groups excluding tert-OH is 1. The van der Waals surface area contributed by atoms with Crippen LogP contribution in [0.4, 0.5) is 10.6 Å². The van der Waals surface area contributed by atoms with E-state index in [9.17, 15) is 77.2 Å². The number of rotatable bonds is 32. The molecule has 0 spiro atoms. The van der Waals surface area contributed by atoms with Crippen molar-refractivity contribution < 1.29 is 110 Å². The molecule has 5 heterocycles. The van der Waals surface area contributed by atoms with Gasteiger partial charge in [-0.2, -0.15) is 20.4 Å². The number of aliphatic hydroxyl groups is 1. The number of nitrogens with one attached hydrogen (secondary N) is 6. The first-order valence-electron chi connectivity index (χ1n) is 24.3. The molecule has 3 aliphatic heterocycles. The number of nitrogens with two attached hydrogens (primary N) is 1. The van der Waals surface area contributed by atoms with Crippen LogP contribution >= 0.6 is 56.8 Å². The minimum Gasteiger partial charge on any atom is -0.481 e. The number of fused-ring (bicyclic) bond motifs is 2. The van der Waals surface area contributed by atoms with Gasteiger partial charge in [0.25, 0.3) is 0 Å². The number of phosphoric ester groups is 1. The molecule has 5 rings (SSSR count). The minimum absolute atomic E-state index is 0.00264. The van der Waals surface area contributed by atoms with Crippen molar-refractivity contribution in [3.8, 4) is 11.8 Å². The second-order valence-corrected chi connectivity index (χ2v) is 27.7. The Morgan fingerprint density at radius 2 is 1.60 bits per heavy atom. The van der Waals surface area contributed by atoms with Gasteiger partial charge in [-0.15, -0.1) is 0 Å². The fraction of sp³-hybridized carbons (Fsp3) is 0.619. The largest absolute Gasteiger partial charge is 0.490 e. The molecule has 2 aromatic heterocycles. The van der Waals surface area contributed by atoms with Crippen LogP contribution < -0.4 is 37.6 Å². The lowest BCUT2D eigenvalue weighted by molar-refractivity contribution is -0.148. The third kappa shape index (κ3) is 21.6. The van der Waals surface area contributed by atoms with Crippen LogP contribution in [0.15, 0.2) is 12.5 Å². The molecule has 0 aromatic carbocycles. The number of anilines is 1. The van der Waals surface area contributed by atoms with Crippen LogP contribution in [0, 0.1) is 11.8 Å². The highest BCUT2D eigenvalue weighted by Gasteiger charge is 2.44.